The molecule has 0 bridgehead atoms. The molecule has 0 spiro atoms. The topological polar surface area (TPSA) is 44.8 Å². The molecule has 0 radical (unpaired) electrons. The summed E-state index contributed by atoms with van der Waals surface area (Å²) in [4.78, 5) is 11.4. The van der Waals surface area contributed by atoms with E-state index < -0.39 is 20.4 Å². The van der Waals surface area contributed by atoms with Gasteiger partial charge >= 0.3 is 101 Å². The molecular weight excluding hydrogens is 269 g/mol. The first-order chi connectivity index (χ1) is 7.55. The molecule has 16 heavy (non-hydrogen) atoms. The molecule has 4 nitrogen and oxygen atoms in total. The van der Waals surface area contributed by atoms with Crippen molar-refractivity contribution >= 4 is 20.1 Å². The van der Waals surface area contributed by atoms with Gasteiger partial charge in [0.2, 0.25) is 0 Å². The normalized spacial score (nSPS) is 13.5. The van der Waals surface area contributed by atoms with E-state index in [4.69, 9.17) is 11.3 Å². The molecule has 0 aromatic carbocycles. The van der Waals surface area contributed by atoms with Gasteiger partial charge in [0.1, 0.15) is 0 Å². The van der Waals surface area contributed by atoms with E-state index in [2.05, 4.69) is 13.5 Å². The van der Waals surface area contributed by atoms with Gasteiger partial charge in [-0.3, -0.25) is 0 Å². The molecule has 0 saturated heterocycles. The van der Waals surface area contributed by atoms with Gasteiger partial charge in [0, 0.05) is 0 Å². The van der Waals surface area contributed by atoms with Crippen LogP contribution in [0.15, 0.2) is 12.7 Å². The van der Waals surface area contributed by atoms with Gasteiger partial charge in [-0.15, -0.1) is 0 Å². The van der Waals surface area contributed by atoms with Crippen molar-refractivity contribution in [2.24, 2.45) is 0 Å². The molecule has 0 amide bonds. The molecule has 0 fully saturated rings. The summed E-state index contributed by atoms with van der Waals surface area (Å²) < 4.78 is 16.5. The Morgan fingerprint density at radius 3 is 2.38 bits per heavy atom. The van der Waals surface area contributed by atoms with Crippen molar-refractivity contribution in [1.29, 1.82) is 0 Å². The molecule has 0 saturated carbocycles. The van der Waals surface area contributed by atoms with Gasteiger partial charge < -0.3 is 0 Å². The van der Waals surface area contributed by atoms with E-state index >= 15 is 0 Å². The van der Waals surface area contributed by atoms with Gasteiger partial charge in [-0.05, 0) is 0 Å². The van der Waals surface area contributed by atoms with E-state index in [1.165, 1.54) is 6.08 Å². The Kier molecular flexibility index (Phi) is 7.92. The van der Waals surface area contributed by atoms with Crippen LogP contribution < -0.4 is 0 Å². The van der Waals surface area contributed by atoms with E-state index in [-0.39, 0.29) is 5.78 Å². The van der Waals surface area contributed by atoms with Crippen LogP contribution in [0.1, 0.15) is 26.7 Å². The zero-order valence-corrected chi connectivity index (χ0v) is 12.7. The fraction of sp³-hybridized carbons (Fsp3) is 0.727. The Labute approximate surface area is 101 Å². The maximum absolute atomic E-state index is 11.4. The summed E-state index contributed by atoms with van der Waals surface area (Å²) in [7, 11) is 3.18. The number of unbranched alkanes of at least 4 members (excludes halogenated alkanes) is 1. The Balaban J connectivity index is 4.52. The Bertz CT molecular complexity index is 226. The first-order valence-electron chi connectivity index (χ1n) is 5.49. The zero-order valence-electron chi connectivity index (χ0n) is 10.6. The molecule has 0 aromatic rings. The summed E-state index contributed by atoms with van der Waals surface area (Å²) >= 11 is -3.22. The van der Waals surface area contributed by atoms with Crippen LogP contribution >= 0.6 is 0 Å². The molecule has 0 aliphatic rings. The van der Waals surface area contributed by atoms with Crippen LogP contribution in [0.4, 0.5) is 0 Å². The van der Waals surface area contributed by atoms with Crippen LogP contribution in [0, 0.1) is 0 Å². The molecule has 0 aliphatic carbocycles. The van der Waals surface area contributed by atoms with Crippen molar-refractivity contribution in [3.05, 3.63) is 12.7 Å². The quantitative estimate of drug-likeness (QED) is 0.482. The molecule has 94 valence electrons. The van der Waals surface area contributed by atoms with Crippen LogP contribution in [0.25, 0.3) is 0 Å². The van der Waals surface area contributed by atoms with Crippen LogP contribution in [0.3, 0.4) is 0 Å². The molecule has 0 heterocycles. The monoisotopic (exact) mass is 292 g/mol. The number of hydrogen-bond donors (Lipinski definition) is 0. The van der Waals surface area contributed by atoms with E-state index in [0.717, 1.165) is 18.1 Å². The van der Waals surface area contributed by atoms with Crippen molar-refractivity contribution in [2.45, 2.75) is 38.0 Å². The summed E-state index contributed by atoms with van der Waals surface area (Å²) in [6.07, 6.45) is 2.76. The average Bonchev–Trinajstić information content (AvgIpc) is 2.33. The summed E-state index contributed by atoms with van der Waals surface area (Å²) in [6, 6.07) is 0. The van der Waals surface area contributed by atoms with Gasteiger partial charge in [0.05, 0.1) is 0 Å². The van der Waals surface area contributed by atoms with E-state index in [1.54, 1.807) is 21.1 Å². The fourth-order valence-corrected chi connectivity index (χ4v) is 6.21. The molecule has 0 aromatic heterocycles. The first-order valence-corrected chi connectivity index (χ1v) is 9.55. The molecule has 1 unspecified atom stereocenters. The van der Waals surface area contributed by atoms with Crippen molar-refractivity contribution in [1.82, 2.24) is 0 Å². The third kappa shape index (κ3) is 4.78. The average molecular weight is 291 g/mol. The predicted octanol–water partition coefficient (Wildman–Crippen LogP) is 2.18. The maximum atomic E-state index is 11.4. The number of rotatable bonds is 9. The molecule has 0 N–H and O–H groups in total. The third-order valence-corrected chi connectivity index (χ3v) is 8.55. The molecule has 0 rings (SSSR count). The molecule has 0 aliphatic heterocycles. The van der Waals surface area contributed by atoms with Crippen molar-refractivity contribution in [3.8, 4) is 0 Å². The number of ketones is 1. The third-order valence-electron chi connectivity index (χ3n) is 2.42. The second-order valence-electron chi connectivity index (χ2n) is 3.56. The second-order valence-corrected chi connectivity index (χ2v) is 9.68. The SMILES string of the molecule is C=CC(=O)C(C)[O][Ge]([CH2]CCC)([O]C)[O]C. The number of carbonyl (C=O) groups excluding carboxylic acids is 1. The second kappa shape index (κ2) is 8.00. The van der Waals surface area contributed by atoms with E-state index in [9.17, 15) is 4.79 Å². The van der Waals surface area contributed by atoms with Crippen molar-refractivity contribution in [2.75, 3.05) is 14.2 Å². The number of carbonyl (C=O) groups is 1. The first kappa shape index (κ1) is 15.8. The van der Waals surface area contributed by atoms with Crippen LogP contribution in [-0.2, 0) is 16.1 Å². The van der Waals surface area contributed by atoms with Crippen molar-refractivity contribution in [3.63, 3.8) is 0 Å². The summed E-state index contributed by atoms with van der Waals surface area (Å²) in [6.45, 7) is 7.23. The van der Waals surface area contributed by atoms with Crippen LogP contribution in [0.5, 0.6) is 0 Å². The minimum atomic E-state index is -3.22. The molecular formula is C11H22GeO4. The summed E-state index contributed by atoms with van der Waals surface area (Å²) in [5.41, 5.74) is 0. The minimum absolute atomic E-state index is 0.138. The van der Waals surface area contributed by atoms with Gasteiger partial charge in [-0.2, -0.15) is 0 Å². The number of hydrogen-bond acceptors (Lipinski definition) is 4. The molecule has 1 atom stereocenters. The molecule has 5 heteroatoms. The predicted molar refractivity (Wildman–Crippen MR) is 65.2 cm³/mol. The van der Waals surface area contributed by atoms with Gasteiger partial charge in [-0.25, -0.2) is 0 Å². The van der Waals surface area contributed by atoms with E-state index in [0.29, 0.717) is 0 Å². The van der Waals surface area contributed by atoms with Gasteiger partial charge in [0.15, 0.2) is 0 Å². The van der Waals surface area contributed by atoms with Gasteiger partial charge in [0.25, 0.3) is 0 Å². The van der Waals surface area contributed by atoms with Crippen LogP contribution in [0.2, 0.25) is 5.25 Å². The Hall–Kier alpha value is -0.167. The zero-order chi connectivity index (χ0) is 12.6. The summed E-state index contributed by atoms with van der Waals surface area (Å²) in [5, 5.41) is 0.776. The van der Waals surface area contributed by atoms with E-state index in [1.807, 2.05) is 0 Å². The van der Waals surface area contributed by atoms with Crippen LogP contribution in [-0.4, -0.2) is 40.4 Å². The standard InChI is InChI=1S/C11H22GeO4/c1-6-8-9-12(14-4,15-5)16-10(3)11(13)7-2/h7,10H,2,6,8-9H2,1,3-5H3. The fourth-order valence-electron chi connectivity index (χ4n) is 1.33. The Morgan fingerprint density at radius 1 is 1.44 bits per heavy atom. The van der Waals surface area contributed by atoms with Crippen molar-refractivity contribution < 1.29 is 16.1 Å². The van der Waals surface area contributed by atoms with Gasteiger partial charge in [-0.1, -0.05) is 0 Å². The summed E-state index contributed by atoms with van der Waals surface area (Å²) in [5.74, 6) is -0.138. The Morgan fingerprint density at radius 2 is 2.00 bits per heavy atom.